The molecule has 4 heteroatoms. The summed E-state index contributed by atoms with van der Waals surface area (Å²) in [6.07, 6.45) is 6.96. The number of hydrogen-bond donors (Lipinski definition) is 1. The molecule has 17 heavy (non-hydrogen) atoms. The fourth-order valence-electron chi connectivity index (χ4n) is 2.50. The summed E-state index contributed by atoms with van der Waals surface area (Å²) in [6, 6.07) is 2.46. The number of pyridine rings is 1. The highest BCUT2D eigenvalue weighted by atomic mass is 79.9. The second kappa shape index (κ2) is 5.46. The van der Waals surface area contributed by atoms with Gasteiger partial charge >= 0.3 is 0 Å². The zero-order chi connectivity index (χ0) is 12.3. The Hall–Kier alpha value is -0.450. The van der Waals surface area contributed by atoms with Gasteiger partial charge in [-0.2, -0.15) is 0 Å². The smallest absolute Gasteiger partial charge is 0.0810 e. The van der Waals surface area contributed by atoms with Crippen LogP contribution in [-0.4, -0.2) is 30.3 Å². The van der Waals surface area contributed by atoms with Crippen LogP contribution in [-0.2, 0) is 11.2 Å². The number of rotatable bonds is 4. The monoisotopic (exact) mass is 298 g/mol. The standard InChI is InChI=1S/C13H19BrN2O/c1-13(4-3-5-17-13)12(15-2)7-10-6-11(14)9-16-8-10/h6,8-9,12,15H,3-5,7H2,1-2H3. The van der Waals surface area contributed by atoms with Gasteiger partial charge in [-0.25, -0.2) is 0 Å². The van der Waals surface area contributed by atoms with Gasteiger partial charge in [0.05, 0.1) is 5.60 Å². The molecule has 2 heterocycles. The molecule has 1 fully saturated rings. The maximum absolute atomic E-state index is 5.90. The van der Waals surface area contributed by atoms with Gasteiger partial charge in [0.2, 0.25) is 0 Å². The van der Waals surface area contributed by atoms with Crippen molar-refractivity contribution in [2.45, 2.75) is 37.8 Å². The molecule has 2 atom stereocenters. The molecule has 2 rings (SSSR count). The lowest BCUT2D eigenvalue weighted by Crippen LogP contribution is -2.48. The van der Waals surface area contributed by atoms with E-state index in [1.54, 1.807) is 0 Å². The van der Waals surface area contributed by atoms with E-state index in [4.69, 9.17) is 4.74 Å². The molecule has 0 bridgehead atoms. The van der Waals surface area contributed by atoms with Crippen LogP contribution >= 0.6 is 15.9 Å². The molecule has 2 unspecified atom stereocenters. The summed E-state index contributed by atoms with van der Waals surface area (Å²) in [7, 11) is 2.00. The van der Waals surface area contributed by atoms with Gasteiger partial charge in [0.1, 0.15) is 0 Å². The number of ether oxygens (including phenoxy) is 1. The van der Waals surface area contributed by atoms with Crippen LogP contribution in [0.15, 0.2) is 22.9 Å². The third kappa shape index (κ3) is 3.06. The SMILES string of the molecule is CNC(Cc1cncc(Br)c1)C1(C)CCCO1. The second-order valence-corrected chi connectivity index (χ2v) is 5.74. The Morgan fingerprint density at radius 3 is 3.00 bits per heavy atom. The van der Waals surface area contributed by atoms with Crippen LogP contribution in [0.1, 0.15) is 25.3 Å². The maximum Gasteiger partial charge on any atom is 0.0810 e. The molecule has 1 aliphatic heterocycles. The summed E-state index contributed by atoms with van der Waals surface area (Å²) < 4.78 is 6.93. The summed E-state index contributed by atoms with van der Waals surface area (Å²) in [6.45, 7) is 3.08. The number of halogens is 1. The summed E-state index contributed by atoms with van der Waals surface area (Å²) in [5, 5.41) is 3.38. The quantitative estimate of drug-likeness (QED) is 0.928. The minimum atomic E-state index is -0.0446. The van der Waals surface area contributed by atoms with Crippen LogP contribution in [0.25, 0.3) is 0 Å². The van der Waals surface area contributed by atoms with Crippen LogP contribution in [0.3, 0.4) is 0 Å². The zero-order valence-corrected chi connectivity index (χ0v) is 12.0. The molecular weight excluding hydrogens is 280 g/mol. The highest BCUT2D eigenvalue weighted by molar-refractivity contribution is 9.10. The molecule has 0 aromatic carbocycles. The van der Waals surface area contributed by atoms with E-state index in [2.05, 4.69) is 39.2 Å². The third-order valence-electron chi connectivity index (χ3n) is 3.54. The molecule has 1 aromatic heterocycles. The number of likely N-dealkylation sites (N-methyl/N-ethyl adjacent to an activating group) is 1. The van der Waals surface area contributed by atoms with Gasteiger partial charge in [0.25, 0.3) is 0 Å². The first-order valence-electron chi connectivity index (χ1n) is 6.05. The van der Waals surface area contributed by atoms with Crippen molar-refractivity contribution in [1.82, 2.24) is 10.3 Å². The number of nitrogens with zero attached hydrogens (tertiary/aromatic N) is 1. The van der Waals surface area contributed by atoms with Gasteiger partial charge in [-0.3, -0.25) is 4.98 Å². The molecule has 3 nitrogen and oxygen atoms in total. The molecule has 0 radical (unpaired) electrons. The zero-order valence-electron chi connectivity index (χ0n) is 10.4. The van der Waals surface area contributed by atoms with E-state index >= 15 is 0 Å². The number of nitrogens with one attached hydrogen (secondary N) is 1. The van der Waals surface area contributed by atoms with Crippen molar-refractivity contribution in [3.63, 3.8) is 0 Å². The van der Waals surface area contributed by atoms with E-state index in [1.165, 1.54) is 5.56 Å². The first-order chi connectivity index (χ1) is 8.14. The maximum atomic E-state index is 5.90. The topological polar surface area (TPSA) is 34.2 Å². The van der Waals surface area contributed by atoms with Crippen molar-refractivity contribution in [3.8, 4) is 0 Å². The van der Waals surface area contributed by atoms with Gasteiger partial charge in [-0.15, -0.1) is 0 Å². The number of hydrogen-bond acceptors (Lipinski definition) is 3. The van der Waals surface area contributed by atoms with Crippen molar-refractivity contribution in [3.05, 3.63) is 28.5 Å². The Morgan fingerprint density at radius 2 is 2.41 bits per heavy atom. The summed E-state index contributed by atoms with van der Waals surface area (Å²) >= 11 is 3.46. The largest absolute Gasteiger partial charge is 0.374 e. The average molecular weight is 299 g/mol. The molecule has 1 aromatic rings. The fraction of sp³-hybridized carbons (Fsp3) is 0.615. The van der Waals surface area contributed by atoms with E-state index in [-0.39, 0.29) is 5.60 Å². The predicted octanol–water partition coefficient (Wildman–Crippen LogP) is 2.54. The van der Waals surface area contributed by atoms with Crippen molar-refractivity contribution in [1.29, 1.82) is 0 Å². The molecular formula is C13H19BrN2O. The van der Waals surface area contributed by atoms with Crippen molar-refractivity contribution >= 4 is 15.9 Å². The Balaban J connectivity index is 2.09. The lowest BCUT2D eigenvalue weighted by atomic mass is 9.89. The number of aromatic nitrogens is 1. The van der Waals surface area contributed by atoms with Crippen LogP contribution in [0, 0.1) is 0 Å². The fourth-order valence-corrected chi connectivity index (χ4v) is 2.91. The summed E-state index contributed by atoms with van der Waals surface area (Å²) in [5.74, 6) is 0. The normalized spacial score (nSPS) is 26.1. The lowest BCUT2D eigenvalue weighted by Gasteiger charge is -2.33. The Bertz CT molecular complexity index is 377. The Kier molecular flexibility index (Phi) is 4.17. The van der Waals surface area contributed by atoms with E-state index in [1.807, 2.05) is 19.4 Å². The van der Waals surface area contributed by atoms with Crippen LogP contribution in [0.2, 0.25) is 0 Å². The van der Waals surface area contributed by atoms with Gasteiger partial charge in [-0.1, -0.05) is 0 Å². The summed E-state index contributed by atoms with van der Waals surface area (Å²) in [5.41, 5.74) is 1.19. The highest BCUT2D eigenvalue weighted by Gasteiger charge is 2.37. The minimum Gasteiger partial charge on any atom is -0.374 e. The summed E-state index contributed by atoms with van der Waals surface area (Å²) in [4.78, 5) is 4.21. The lowest BCUT2D eigenvalue weighted by molar-refractivity contribution is -0.00945. The van der Waals surface area contributed by atoms with Gasteiger partial charge in [-0.05, 0) is 60.8 Å². The molecule has 1 N–H and O–H groups in total. The average Bonchev–Trinajstić information content (AvgIpc) is 2.74. The van der Waals surface area contributed by atoms with Crippen molar-refractivity contribution in [2.75, 3.05) is 13.7 Å². The first kappa shape index (κ1) is 13.0. The molecule has 0 amide bonds. The van der Waals surface area contributed by atoms with Crippen molar-refractivity contribution < 1.29 is 4.74 Å². The van der Waals surface area contributed by atoms with E-state index in [9.17, 15) is 0 Å². The van der Waals surface area contributed by atoms with Crippen LogP contribution in [0.4, 0.5) is 0 Å². The Labute approximate surface area is 111 Å². The van der Waals surface area contributed by atoms with Gasteiger partial charge in [0.15, 0.2) is 0 Å². The van der Waals surface area contributed by atoms with Crippen LogP contribution in [0.5, 0.6) is 0 Å². The molecule has 0 spiro atoms. The van der Waals surface area contributed by atoms with E-state index in [0.29, 0.717) is 6.04 Å². The molecule has 1 aliphatic rings. The van der Waals surface area contributed by atoms with Crippen LogP contribution < -0.4 is 5.32 Å². The predicted molar refractivity (Wildman–Crippen MR) is 72.1 cm³/mol. The second-order valence-electron chi connectivity index (χ2n) is 4.82. The van der Waals surface area contributed by atoms with Gasteiger partial charge in [0, 0.05) is 29.5 Å². The first-order valence-corrected chi connectivity index (χ1v) is 6.84. The molecule has 0 aliphatic carbocycles. The third-order valence-corrected chi connectivity index (χ3v) is 3.97. The highest BCUT2D eigenvalue weighted by Crippen LogP contribution is 2.30. The minimum absolute atomic E-state index is 0.0446. The van der Waals surface area contributed by atoms with Crippen molar-refractivity contribution in [2.24, 2.45) is 0 Å². The molecule has 1 saturated heterocycles. The van der Waals surface area contributed by atoms with E-state index in [0.717, 1.165) is 30.3 Å². The molecule has 94 valence electrons. The Morgan fingerprint density at radius 1 is 1.59 bits per heavy atom. The van der Waals surface area contributed by atoms with Gasteiger partial charge < -0.3 is 10.1 Å². The molecule has 0 saturated carbocycles. The van der Waals surface area contributed by atoms with E-state index < -0.39 is 0 Å².